The van der Waals surface area contributed by atoms with Gasteiger partial charge in [0.1, 0.15) is 14.1 Å². The Bertz CT molecular complexity index is 1130. The maximum absolute atomic E-state index is 3.67. The second kappa shape index (κ2) is 9.99. The number of fused-ring (bicyclic) bond motifs is 2. The molecule has 2 aromatic heterocycles. The fourth-order valence-electron chi connectivity index (χ4n) is 4.48. The Hall–Kier alpha value is -3.14. The third-order valence-electron chi connectivity index (χ3n) is 6.61. The first kappa shape index (κ1) is 22.1. The summed E-state index contributed by atoms with van der Waals surface area (Å²) >= 11 is 0. The van der Waals surface area contributed by atoms with Gasteiger partial charge in [0.2, 0.25) is 11.0 Å². The summed E-state index contributed by atoms with van der Waals surface area (Å²) < 4.78 is 4.51. The molecule has 0 aliphatic carbocycles. The average molecular weight is 429 g/mol. The fraction of sp³-hybridized carbons (Fsp3) is 0.357. The van der Waals surface area contributed by atoms with Crippen molar-refractivity contribution in [1.29, 1.82) is 0 Å². The number of hydrogen-bond donors (Lipinski definition) is 2. The van der Waals surface area contributed by atoms with Gasteiger partial charge in [-0.2, -0.15) is 9.13 Å². The highest BCUT2D eigenvalue weighted by molar-refractivity contribution is 5.90. The minimum Gasteiger partial charge on any atom is -0.384 e. The van der Waals surface area contributed by atoms with Gasteiger partial charge in [0, 0.05) is 51.2 Å². The Morgan fingerprint density at radius 2 is 1.00 bits per heavy atom. The molecule has 4 rings (SSSR count). The zero-order chi connectivity index (χ0) is 22.5. The molecule has 4 aromatic rings. The van der Waals surface area contributed by atoms with Crippen LogP contribution in [0.2, 0.25) is 0 Å². The zero-order valence-electron chi connectivity index (χ0n) is 19.9. The van der Waals surface area contributed by atoms with Gasteiger partial charge in [0.15, 0.2) is 11.4 Å². The maximum atomic E-state index is 3.67. The molecule has 0 fully saturated rings. The number of pyridine rings is 2. The number of benzene rings is 2. The van der Waals surface area contributed by atoms with E-state index in [0.717, 1.165) is 13.1 Å². The summed E-state index contributed by atoms with van der Waals surface area (Å²) in [7, 11) is 4.27. The normalized spacial score (nSPS) is 11.2. The van der Waals surface area contributed by atoms with E-state index in [9.17, 15) is 0 Å². The third-order valence-corrected chi connectivity index (χ3v) is 6.61. The Balaban J connectivity index is 1.23. The molecule has 0 radical (unpaired) electrons. The number of para-hydroxylation sites is 2. The molecule has 166 valence electrons. The minimum atomic E-state index is 1.02. The molecule has 0 aliphatic rings. The van der Waals surface area contributed by atoms with Crippen LogP contribution < -0.4 is 19.8 Å². The number of nitrogens with zero attached hydrogens (tertiary/aromatic N) is 2. The highest BCUT2D eigenvalue weighted by Gasteiger charge is 2.13. The van der Waals surface area contributed by atoms with E-state index in [-0.39, 0.29) is 0 Å². The number of rotatable bonds is 9. The average Bonchev–Trinajstić information content (AvgIpc) is 2.81. The van der Waals surface area contributed by atoms with E-state index in [0.29, 0.717) is 0 Å². The second-order valence-corrected chi connectivity index (χ2v) is 8.82. The first-order valence-corrected chi connectivity index (χ1v) is 11.8. The highest BCUT2D eigenvalue weighted by atomic mass is 15.0. The van der Waals surface area contributed by atoms with Crippen LogP contribution in [0, 0.1) is 13.8 Å². The number of aryl methyl sites for hydroxylation is 4. The number of nitrogens with one attached hydrogen (secondary N) is 2. The molecule has 0 saturated carbocycles. The van der Waals surface area contributed by atoms with Crippen LogP contribution in [0.3, 0.4) is 0 Å². The van der Waals surface area contributed by atoms with Gasteiger partial charge in [-0.15, -0.1) is 0 Å². The Morgan fingerprint density at radius 1 is 0.594 bits per heavy atom. The summed E-state index contributed by atoms with van der Waals surface area (Å²) in [6.45, 7) is 6.37. The van der Waals surface area contributed by atoms with Crippen molar-refractivity contribution in [2.45, 2.75) is 39.5 Å². The molecule has 0 saturated heterocycles. The Labute approximate surface area is 191 Å². The molecule has 0 amide bonds. The molecule has 0 spiro atoms. The Kier molecular flexibility index (Phi) is 6.89. The number of anilines is 2. The standard InChI is InChI=1S/C28H34N4/c1-21-19-25(23-13-7-9-15-27(23)31(21)3)29-17-11-5-6-12-18-30-26-20-22(2)32(4)28-16-10-8-14-24(26)28/h7-10,13-16,19-20H,5-6,11-12,17-18H2,1-4H3/p+2. The topological polar surface area (TPSA) is 31.8 Å². The third kappa shape index (κ3) is 4.69. The number of aromatic nitrogens is 2. The lowest BCUT2D eigenvalue weighted by Crippen LogP contribution is -2.33. The predicted octanol–water partition coefficient (Wildman–Crippen LogP) is 5.34. The summed E-state index contributed by atoms with van der Waals surface area (Å²) in [5.74, 6) is 0. The molecule has 2 N–H and O–H groups in total. The Morgan fingerprint density at radius 3 is 1.44 bits per heavy atom. The lowest BCUT2D eigenvalue weighted by molar-refractivity contribution is -0.651. The van der Waals surface area contributed by atoms with Crippen LogP contribution in [0.5, 0.6) is 0 Å². The van der Waals surface area contributed by atoms with Crippen LogP contribution >= 0.6 is 0 Å². The van der Waals surface area contributed by atoms with Gasteiger partial charge >= 0.3 is 0 Å². The van der Waals surface area contributed by atoms with Crippen molar-refractivity contribution in [3.05, 3.63) is 72.1 Å². The molecule has 0 unspecified atom stereocenters. The van der Waals surface area contributed by atoms with E-state index in [1.807, 2.05) is 0 Å². The second-order valence-electron chi connectivity index (χ2n) is 8.82. The summed E-state index contributed by atoms with van der Waals surface area (Å²) in [6.07, 6.45) is 4.88. The van der Waals surface area contributed by atoms with Gasteiger partial charge in [0.05, 0.1) is 22.1 Å². The summed E-state index contributed by atoms with van der Waals surface area (Å²) in [5.41, 5.74) is 7.59. The van der Waals surface area contributed by atoms with Crippen molar-refractivity contribution in [3.63, 3.8) is 0 Å². The van der Waals surface area contributed by atoms with Gasteiger partial charge in [-0.3, -0.25) is 0 Å². The quantitative estimate of drug-likeness (QED) is 0.278. The van der Waals surface area contributed by atoms with E-state index < -0.39 is 0 Å². The van der Waals surface area contributed by atoms with E-state index in [4.69, 9.17) is 0 Å². The smallest absolute Gasteiger partial charge is 0.214 e. The molecule has 2 aromatic carbocycles. The van der Waals surface area contributed by atoms with Crippen molar-refractivity contribution in [3.8, 4) is 0 Å². The van der Waals surface area contributed by atoms with E-state index in [1.165, 1.54) is 70.3 Å². The summed E-state index contributed by atoms with van der Waals surface area (Å²) in [4.78, 5) is 0. The van der Waals surface area contributed by atoms with Gasteiger partial charge in [-0.25, -0.2) is 0 Å². The summed E-state index contributed by atoms with van der Waals surface area (Å²) in [5, 5.41) is 9.94. The maximum Gasteiger partial charge on any atom is 0.214 e. The van der Waals surface area contributed by atoms with Crippen LogP contribution in [0.4, 0.5) is 11.4 Å². The number of hydrogen-bond acceptors (Lipinski definition) is 2. The molecule has 0 atom stereocenters. The predicted molar refractivity (Wildman–Crippen MR) is 135 cm³/mol. The van der Waals surface area contributed by atoms with Crippen molar-refractivity contribution in [2.75, 3.05) is 23.7 Å². The van der Waals surface area contributed by atoms with E-state index >= 15 is 0 Å². The molecule has 0 aliphatic heterocycles. The first-order valence-electron chi connectivity index (χ1n) is 11.8. The lowest BCUT2D eigenvalue weighted by Gasteiger charge is -2.11. The van der Waals surface area contributed by atoms with E-state index in [2.05, 4.69) is 108 Å². The van der Waals surface area contributed by atoms with Gasteiger partial charge < -0.3 is 10.6 Å². The van der Waals surface area contributed by atoms with Crippen molar-refractivity contribution >= 4 is 33.2 Å². The fourth-order valence-corrected chi connectivity index (χ4v) is 4.48. The molecule has 0 bridgehead atoms. The molecule has 2 heterocycles. The molecule has 4 nitrogen and oxygen atoms in total. The van der Waals surface area contributed by atoms with Gasteiger partial charge in [-0.05, 0) is 25.0 Å². The first-order chi connectivity index (χ1) is 15.6. The van der Waals surface area contributed by atoms with Crippen molar-refractivity contribution in [2.24, 2.45) is 14.1 Å². The monoisotopic (exact) mass is 428 g/mol. The van der Waals surface area contributed by atoms with Gasteiger partial charge in [0.25, 0.3) is 0 Å². The molecule has 32 heavy (non-hydrogen) atoms. The SMILES string of the molecule is Cc1cc(NCCCCCCNc2cc(C)[n+](C)c3ccccc23)c2ccccc2[n+]1C. The highest BCUT2D eigenvalue weighted by Crippen LogP contribution is 2.23. The van der Waals surface area contributed by atoms with Crippen LogP contribution in [0.15, 0.2) is 60.7 Å². The molecule has 4 heteroatoms. The molecular formula is C28H36N4+2. The van der Waals surface area contributed by atoms with Crippen LogP contribution in [0.1, 0.15) is 37.1 Å². The van der Waals surface area contributed by atoms with E-state index in [1.54, 1.807) is 0 Å². The largest absolute Gasteiger partial charge is 0.384 e. The number of unbranched alkanes of at least 4 members (excludes halogenated alkanes) is 3. The van der Waals surface area contributed by atoms with Crippen molar-refractivity contribution in [1.82, 2.24) is 0 Å². The lowest BCUT2D eigenvalue weighted by atomic mass is 10.1. The van der Waals surface area contributed by atoms with Crippen LogP contribution in [-0.4, -0.2) is 13.1 Å². The molecular weight excluding hydrogens is 392 g/mol. The summed E-state index contributed by atoms with van der Waals surface area (Å²) in [6, 6.07) is 21.8. The van der Waals surface area contributed by atoms with Gasteiger partial charge in [-0.1, -0.05) is 37.1 Å². The van der Waals surface area contributed by atoms with Crippen molar-refractivity contribution < 1.29 is 9.13 Å². The van der Waals surface area contributed by atoms with Crippen LogP contribution in [0.25, 0.3) is 21.8 Å². The van der Waals surface area contributed by atoms with Crippen LogP contribution in [-0.2, 0) is 14.1 Å². The zero-order valence-corrected chi connectivity index (χ0v) is 19.9. The minimum absolute atomic E-state index is 1.02.